The lowest BCUT2D eigenvalue weighted by atomic mass is 9.77. The van der Waals surface area contributed by atoms with Gasteiger partial charge in [-0.15, -0.1) is 0 Å². The summed E-state index contributed by atoms with van der Waals surface area (Å²) in [6.07, 6.45) is 0. The van der Waals surface area contributed by atoms with E-state index >= 15 is 20.4 Å². The fourth-order valence-corrected chi connectivity index (χ4v) is 30.4. The Morgan fingerprint density at radius 1 is 0.206 bits per heavy atom. The van der Waals surface area contributed by atoms with Gasteiger partial charge in [0.2, 0.25) is 0 Å². The van der Waals surface area contributed by atoms with Crippen molar-refractivity contribution in [2.45, 2.75) is 131 Å². The number of aromatic hydroxyl groups is 4. The average molecular weight is 1410 g/mol. The van der Waals surface area contributed by atoms with Crippen molar-refractivity contribution < 1.29 is 20.4 Å². The second kappa shape index (κ2) is 27.7. The zero-order chi connectivity index (χ0) is 73.0. The highest BCUT2D eigenvalue weighted by Crippen LogP contribution is 2.50. The summed E-state index contributed by atoms with van der Waals surface area (Å²) in [5, 5.41) is 72.1. The van der Waals surface area contributed by atoms with E-state index in [-0.39, 0.29) is 23.0 Å². The quantitative estimate of drug-likeness (QED) is 0.0441. The lowest BCUT2D eigenvalue weighted by molar-refractivity contribution is 0.471. The molecule has 4 nitrogen and oxygen atoms in total. The molecule has 0 saturated carbocycles. The Kier molecular flexibility index (Phi) is 19.6. The Balaban J connectivity index is 1.44. The first-order valence-corrected chi connectivity index (χ1v) is 46.0. The van der Waals surface area contributed by atoms with E-state index in [9.17, 15) is 0 Å². The summed E-state index contributed by atoms with van der Waals surface area (Å²) in [5.41, 5.74) is 4.58. The van der Waals surface area contributed by atoms with Gasteiger partial charge in [0.05, 0.1) is 0 Å². The van der Waals surface area contributed by atoms with E-state index in [0.717, 1.165) is 84.5 Å². The summed E-state index contributed by atoms with van der Waals surface area (Å²) in [7, 11) is -13.2. The monoisotopic (exact) mass is 1400 g/mol. The maximum atomic E-state index is 15.0. The number of phenolic OH excluding ortho intramolecular Hbond substituents is 4. The van der Waals surface area contributed by atoms with Gasteiger partial charge in [0.1, 0.15) is 55.3 Å². The predicted octanol–water partition coefficient (Wildman–Crippen LogP) is 15.1. The molecule has 0 amide bonds. The Morgan fingerprint density at radius 2 is 0.333 bits per heavy atom. The molecule has 0 aliphatic heterocycles. The third kappa shape index (κ3) is 13.2. The molecule has 12 rings (SSSR count). The Morgan fingerprint density at radius 3 is 0.451 bits per heavy atom. The van der Waals surface area contributed by atoms with Crippen molar-refractivity contribution in [3.05, 3.63) is 336 Å². The topological polar surface area (TPSA) is 80.9 Å². The molecule has 0 bridgehead atoms. The molecule has 8 heteroatoms. The maximum Gasteiger partial charge on any atom is 0.150 e. The lowest BCUT2D eigenvalue weighted by Gasteiger charge is -2.36. The highest BCUT2D eigenvalue weighted by atomic mass is 28.3. The molecule has 516 valence electrons. The van der Waals surface area contributed by atoms with Crippen LogP contribution in [-0.2, 0) is 21.7 Å². The molecule has 0 aromatic heterocycles. The van der Waals surface area contributed by atoms with Crippen LogP contribution < -0.4 is 62.2 Å². The molecule has 0 heterocycles. The standard InChI is InChI=1S/C94H100O4Si4/c1-91(2,3)65-57-77(87(95)81(61-65)99(13,69-41-25-17-26-42-69)70-43-27-18-28-44-70)85(78-58-66(92(4,5)6)62-82(88(78)96)100(14,71-45-29-19-30-46-71)72-47-31-20-32-48-72)86(79-59-67(93(7,8)9)63-83(89(79)97)101(15,73-49-33-21-34-50-73)74-51-35-22-36-52-74)80-60-68(94(10,11)12)64-84(90(80)98)102(16,75-53-37-23-38-54-75)76-55-39-24-40-56-76/h17-64,95-98H,1-16H3. The molecule has 0 fully saturated rings. The summed E-state index contributed by atoms with van der Waals surface area (Å²) < 4.78 is 0. The number of benzene rings is 12. The summed E-state index contributed by atoms with van der Waals surface area (Å²) in [5.74, 6) is 0.239. The van der Waals surface area contributed by atoms with Crippen LogP contribution in [0.2, 0.25) is 26.2 Å². The van der Waals surface area contributed by atoms with E-state index < -0.39 is 54.0 Å². The van der Waals surface area contributed by atoms with E-state index in [0.29, 0.717) is 33.4 Å². The van der Waals surface area contributed by atoms with Crippen LogP contribution in [0.25, 0.3) is 11.1 Å². The molecule has 0 aliphatic rings. The van der Waals surface area contributed by atoms with Crippen LogP contribution in [0.15, 0.2) is 291 Å². The summed E-state index contributed by atoms with van der Waals surface area (Å²) >= 11 is 0. The predicted molar refractivity (Wildman–Crippen MR) is 446 cm³/mol. The molecule has 0 unspecified atom stereocenters. The number of hydrogen-bond donors (Lipinski definition) is 4. The largest absolute Gasteiger partial charge is 0.507 e. The van der Waals surface area contributed by atoms with Gasteiger partial charge in [0.15, 0.2) is 0 Å². The minimum absolute atomic E-state index is 0.0598. The van der Waals surface area contributed by atoms with Gasteiger partial charge in [-0.25, -0.2) is 0 Å². The van der Waals surface area contributed by atoms with Gasteiger partial charge in [-0.2, -0.15) is 0 Å². The molecule has 0 radical (unpaired) electrons. The van der Waals surface area contributed by atoms with Crippen molar-refractivity contribution in [1.29, 1.82) is 0 Å². The second-order valence-corrected chi connectivity index (χ2v) is 48.6. The summed E-state index contributed by atoms with van der Waals surface area (Å²) in [6, 6.07) is 103. The third-order valence-electron chi connectivity index (χ3n) is 22.2. The van der Waals surface area contributed by atoms with Gasteiger partial charge in [0.25, 0.3) is 0 Å². The minimum Gasteiger partial charge on any atom is -0.507 e. The van der Waals surface area contributed by atoms with Crippen molar-refractivity contribution in [1.82, 2.24) is 0 Å². The van der Waals surface area contributed by atoms with Crippen molar-refractivity contribution >= 4 is 106 Å². The molecule has 0 spiro atoms. The molecule has 0 aliphatic carbocycles. The van der Waals surface area contributed by atoms with Crippen molar-refractivity contribution in [2.24, 2.45) is 0 Å². The molecule has 12 aromatic carbocycles. The van der Waals surface area contributed by atoms with E-state index in [1.807, 2.05) is 0 Å². The van der Waals surface area contributed by atoms with E-state index in [4.69, 9.17) is 0 Å². The van der Waals surface area contributed by atoms with E-state index in [1.165, 1.54) is 0 Å². The molecule has 12 aromatic rings. The summed E-state index contributed by atoms with van der Waals surface area (Å²) in [4.78, 5) is 0. The van der Waals surface area contributed by atoms with Crippen LogP contribution in [0.1, 0.15) is 128 Å². The molecule has 102 heavy (non-hydrogen) atoms. The smallest absolute Gasteiger partial charge is 0.150 e. The van der Waals surface area contributed by atoms with Crippen LogP contribution in [0.5, 0.6) is 23.0 Å². The normalized spacial score (nSPS) is 12.7. The van der Waals surface area contributed by atoms with Crippen LogP contribution >= 0.6 is 0 Å². The first-order chi connectivity index (χ1) is 48.3. The van der Waals surface area contributed by atoms with Gasteiger partial charge in [-0.05, 0) is 130 Å². The molecular formula is C94H100O4Si4. The molecule has 0 saturated heterocycles. The average Bonchev–Trinajstić information content (AvgIpc) is 0.718. The highest BCUT2D eigenvalue weighted by Gasteiger charge is 2.46. The number of rotatable bonds is 16. The van der Waals surface area contributed by atoms with Crippen LogP contribution in [0, 0.1) is 0 Å². The zero-order valence-corrected chi connectivity index (χ0v) is 66.5. The van der Waals surface area contributed by atoms with Gasteiger partial charge in [-0.1, -0.05) is 376 Å². The highest BCUT2D eigenvalue weighted by molar-refractivity contribution is 7.13. The summed E-state index contributed by atoms with van der Waals surface area (Å²) in [6.45, 7) is 36.3. The zero-order valence-electron chi connectivity index (χ0n) is 62.5. The Hall–Kier alpha value is -9.55. The van der Waals surface area contributed by atoms with Crippen molar-refractivity contribution in [3.63, 3.8) is 0 Å². The molecular weight excluding hydrogens is 1310 g/mol. The second-order valence-electron chi connectivity index (χ2n) is 32.9. The fourth-order valence-electron chi connectivity index (χ4n) is 15.5. The molecule has 4 N–H and O–H groups in total. The SMILES string of the molecule is CC(C)(C)c1cc(C(=C(c2cc(C(C)(C)C)cc([Si](C)(c3ccccc3)c3ccccc3)c2O)c2cc(C(C)(C)C)cc([Si](C)(c3ccccc3)c3ccccc3)c2O)c2cc(C(C)(C)C)cc([Si](C)(c3ccccc3)c3ccccc3)c2O)c(O)c([Si](C)(c2ccccc2)c2ccccc2)c1. The van der Waals surface area contributed by atoms with E-state index in [1.54, 1.807) is 0 Å². The van der Waals surface area contributed by atoms with Crippen LogP contribution in [-0.4, -0.2) is 52.7 Å². The van der Waals surface area contributed by atoms with Crippen molar-refractivity contribution in [2.75, 3.05) is 0 Å². The van der Waals surface area contributed by atoms with Gasteiger partial charge in [-0.3, -0.25) is 0 Å². The van der Waals surface area contributed by atoms with Gasteiger partial charge < -0.3 is 20.4 Å². The third-order valence-corrected chi connectivity index (χ3v) is 39.9. The maximum absolute atomic E-state index is 15.0. The van der Waals surface area contributed by atoms with Crippen LogP contribution in [0.4, 0.5) is 0 Å². The Bertz CT molecular complexity index is 4220. The Labute approximate surface area is 611 Å². The first-order valence-electron chi connectivity index (χ1n) is 36.0. The minimum atomic E-state index is -3.31. The van der Waals surface area contributed by atoms with Gasteiger partial charge >= 0.3 is 0 Å². The number of phenols is 4. The molecule has 0 atom stereocenters. The van der Waals surface area contributed by atoms with Crippen molar-refractivity contribution in [3.8, 4) is 23.0 Å². The van der Waals surface area contributed by atoms with E-state index in [2.05, 4.69) is 400 Å². The fraction of sp³-hybridized carbons (Fsp3) is 0.213. The number of hydrogen-bond acceptors (Lipinski definition) is 4. The van der Waals surface area contributed by atoms with Gasteiger partial charge in [0, 0.05) is 33.4 Å². The first kappa shape index (κ1) is 72.2. The van der Waals surface area contributed by atoms with Crippen LogP contribution in [0.3, 0.4) is 0 Å². The lowest BCUT2D eigenvalue weighted by Crippen LogP contribution is -2.65.